The van der Waals surface area contributed by atoms with E-state index in [1.807, 2.05) is 0 Å². The van der Waals surface area contributed by atoms with Gasteiger partial charge in [-0.3, -0.25) is 32.5 Å². The largest absolute Gasteiger partial charge is 0.472 e. The summed E-state index contributed by atoms with van der Waals surface area (Å²) in [4.78, 5) is 58.2. The van der Waals surface area contributed by atoms with Crippen LogP contribution in [0.1, 0.15) is 239 Å². The maximum Gasteiger partial charge on any atom is 0.472 e. The molecule has 0 amide bonds. The molecule has 0 fully saturated rings. The molecule has 0 aliphatic carbocycles. The van der Waals surface area contributed by atoms with Crippen molar-refractivity contribution in [3.8, 4) is 0 Å². The Balaban J connectivity index is 4.67. The van der Waals surface area contributed by atoms with Gasteiger partial charge < -0.3 is 34.2 Å². The molecule has 16 nitrogen and oxygen atoms in total. The second-order valence-corrected chi connectivity index (χ2v) is 23.7. The van der Waals surface area contributed by atoms with Gasteiger partial charge in [-0.05, 0) is 116 Å². The van der Waals surface area contributed by atoms with Crippen LogP contribution in [0.15, 0.2) is 97.2 Å². The quantitative estimate of drug-likeness (QED) is 0.0146. The number of carbonyl (C=O) groups excluding carboxylic acids is 3. The molecule has 5 atom stereocenters. The molecule has 0 aromatic rings. The molecular formula is C65H112O16P2. The van der Waals surface area contributed by atoms with E-state index in [0.29, 0.717) is 19.3 Å². The summed E-state index contributed by atoms with van der Waals surface area (Å²) in [6, 6.07) is 0. The predicted molar refractivity (Wildman–Crippen MR) is 334 cm³/mol. The van der Waals surface area contributed by atoms with E-state index in [1.54, 1.807) is 0 Å². The third-order valence-electron chi connectivity index (χ3n) is 12.7. The van der Waals surface area contributed by atoms with Crippen LogP contribution in [0.3, 0.4) is 0 Å². The van der Waals surface area contributed by atoms with Crippen LogP contribution in [-0.2, 0) is 55.8 Å². The molecule has 4 N–H and O–H groups in total. The summed E-state index contributed by atoms with van der Waals surface area (Å²) in [5.74, 6) is -1.62. The maximum atomic E-state index is 12.9. The normalized spacial score (nSPS) is 15.0. The number of allylic oxidation sites excluding steroid dienone is 16. The highest BCUT2D eigenvalue weighted by atomic mass is 31.2. The first-order valence-electron chi connectivity index (χ1n) is 31.5. The van der Waals surface area contributed by atoms with Crippen molar-refractivity contribution >= 4 is 33.6 Å². The van der Waals surface area contributed by atoms with E-state index in [-0.39, 0.29) is 19.3 Å². The van der Waals surface area contributed by atoms with Gasteiger partial charge >= 0.3 is 33.6 Å². The maximum absolute atomic E-state index is 12.9. The minimum Gasteiger partial charge on any atom is -0.463 e. The molecule has 0 aliphatic rings. The topological polar surface area (TPSA) is 231 Å². The molecule has 0 rings (SSSR count). The third kappa shape index (κ3) is 60.0. The molecule has 0 saturated heterocycles. The summed E-state index contributed by atoms with van der Waals surface area (Å²) in [6.45, 7) is 2.39. The van der Waals surface area contributed by atoms with Crippen LogP contribution < -0.4 is 0 Å². The second kappa shape index (κ2) is 58.8. The van der Waals surface area contributed by atoms with Gasteiger partial charge in [0, 0.05) is 19.3 Å². The number of esters is 3. The smallest absolute Gasteiger partial charge is 0.463 e. The first-order chi connectivity index (χ1) is 40.2. The molecule has 0 aromatic carbocycles. The molecule has 0 aromatic heterocycles. The number of phosphoric acid groups is 2. The van der Waals surface area contributed by atoms with Crippen molar-refractivity contribution in [2.45, 2.75) is 257 Å². The van der Waals surface area contributed by atoms with Gasteiger partial charge in [0.05, 0.1) is 26.4 Å². The Bertz CT molecular complexity index is 1910. The number of aliphatic hydroxyl groups is 2. The zero-order valence-electron chi connectivity index (χ0n) is 51.3. The van der Waals surface area contributed by atoms with Crippen molar-refractivity contribution in [2.75, 3.05) is 39.6 Å². The summed E-state index contributed by atoms with van der Waals surface area (Å²) < 4.78 is 60.7. The summed E-state index contributed by atoms with van der Waals surface area (Å²) in [5, 5.41) is 20.5. The molecular weight excluding hydrogens is 1100 g/mol. The fourth-order valence-electron chi connectivity index (χ4n) is 7.92. The van der Waals surface area contributed by atoms with Gasteiger partial charge in [0.2, 0.25) is 0 Å². The van der Waals surface area contributed by atoms with E-state index in [4.69, 9.17) is 32.3 Å². The van der Waals surface area contributed by atoms with Crippen LogP contribution in [0.2, 0.25) is 0 Å². The molecule has 0 spiro atoms. The third-order valence-corrected chi connectivity index (χ3v) is 14.6. The van der Waals surface area contributed by atoms with Crippen LogP contribution in [0, 0.1) is 0 Å². The lowest BCUT2D eigenvalue weighted by Crippen LogP contribution is -2.30. The molecule has 0 radical (unpaired) electrons. The van der Waals surface area contributed by atoms with E-state index in [0.717, 1.165) is 161 Å². The number of unbranched alkanes of at least 4 members (excludes halogenated alkanes) is 20. The number of carbonyl (C=O) groups is 3. The van der Waals surface area contributed by atoms with Crippen molar-refractivity contribution in [1.29, 1.82) is 0 Å². The lowest BCUT2D eigenvalue weighted by Gasteiger charge is -2.21. The van der Waals surface area contributed by atoms with Crippen molar-refractivity contribution in [3.05, 3.63) is 97.2 Å². The van der Waals surface area contributed by atoms with Crippen LogP contribution in [0.25, 0.3) is 0 Å². The van der Waals surface area contributed by atoms with E-state index >= 15 is 0 Å². The van der Waals surface area contributed by atoms with Gasteiger partial charge in [-0.25, -0.2) is 9.13 Å². The highest BCUT2D eigenvalue weighted by Gasteiger charge is 2.29. The zero-order valence-corrected chi connectivity index (χ0v) is 53.1. The molecule has 0 heterocycles. The average Bonchev–Trinajstić information content (AvgIpc) is 3.46. The molecule has 478 valence electrons. The second-order valence-electron chi connectivity index (χ2n) is 20.8. The highest BCUT2D eigenvalue weighted by molar-refractivity contribution is 7.47. The number of rotatable bonds is 59. The van der Waals surface area contributed by atoms with Crippen LogP contribution in [0.4, 0.5) is 0 Å². The Morgan fingerprint density at radius 1 is 0.349 bits per heavy atom. The molecule has 0 saturated carbocycles. The fraction of sp³-hybridized carbons (Fsp3) is 0.708. The predicted octanol–water partition coefficient (Wildman–Crippen LogP) is 16.7. The minimum atomic E-state index is -4.93. The lowest BCUT2D eigenvalue weighted by molar-refractivity contribution is -0.161. The van der Waals surface area contributed by atoms with E-state index in [2.05, 4.69) is 118 Å². The van der Waals surface area contributed by atoms with Crippen LogP contribution in [-0.4, -0.2) is 95.9 Å². The van der Waals surface area contributed by atoms with Gasteiger partial charge in [0.15, 0.2) is 6.10 Å². The average molecular weight is 1210 g/mol. The molecule has 83 heavy (non-hydrogen) atoms. The zero-order chi connectivity index (χ0) is 61.0. The van der Waals surface area contributed by atoms with Crippen LogP contribution in [0.5, 0.6) is 0 Å². The number of aliphatic hydroxyl groups excluding tert-OH is 2. The Labute approximate surface area is 501 Å². The summed E-state index contributed by atoms with van der Waals surface area (Å²) in [5.41, 5.74) is 0. The van der Waals surface area contributed by atoms with Gasteiger partial charge in [-0.1, -0.05) is 201 Å². The van der Waals surface area contributed by atoms with Crippen molar-refractivity contribution < 1.29 is 75.8 Å². The first kappa shape index (κ1) is 79.5. The molecule has 0 aliphatic heterocycles. The monoisotopic (exact) mass is 1210 g/mol. The molecule has 0 bridgehead atoms. The molecule has 18 heteroatoms. The summed E-state index contributed by atoms with van der Waals surface area (Å²) in [7, 11) is -9.78. The van der Waals surface area contributed by atoms with Gasteiger partial charge in [0.1, 0.15) is 25.4 Å². The number of phosphoric ester groups is 2. The van der Waals surface area contributed by atoms with Crippen LogP contribution >= 0.6 is 15.6 Å². The van der Waals surface area contributed by atoms with Gasteiger partial charge in [-0.2, -0.15) is 0 Å². The fourth-order valence-corrected chi connectivity index (χ4v) is 9.51. The summed E-state index contributed by atoms with van der Waals surface area (Å²) in [6.07, 6.45) is 61.8. The first-order valence-corrected chi connectivity index (χ1v) is 34.5. The van der Waals surface area contributed by atoms with Crippen molar-refractivity contribution in [2.24, 2.45) is 0 Å². The Hall–Kier alpha value is -3.53. The number of hydrogen-bond donors (Lipinski definition) is 4. The van der Waals surface area contributed by atoms with Gasteiger partial charge in [0.25, 0.3) is 0 Å². The van der Waals surface area contributed by atoms with E-state index < -0.39 is 91.5 Å². The number of hydrogen-bond acceptors (Lipinski definition) is 14. The standard InChI is InChI=1S/C65H112O16P2/c1-4-7-10-13-16-19-22-25-27-28-29-30-32-35-36-39-42-45-48-51-63(68)75-54-60(66)55-77-82(71,72)78-56-61(67)57-79-83(73,74)80-59-62(81-65(70)53-50-47-44-41-38-33-24-21-18-15-12-9-6-3)58-76-64(69)52-49-46-43-40-37-34-31-26-23-20-17-14-11-8-5-2/h7,10,12,15-17,19-21,24-27,29-31,60-62,66-67H,4-6,8-9,11,13-14,18,22-23,28,32-59H2,1-3H3,(H,71,72)(H,73,74)/b10-7-,15-12-,19-16-,20-17-,24-21-,27-25-,30-29-,31-26-. The lowest BCUT2D eigenvalue weighted by atomic mass is 10.1. The summed E-state index contributed by atoms with van der Waals surface area (Å²) >= 11 is 0. The molecule has 5 unspecified atom stereocenters. The number of ether oxygens (including phenoxy) is 3. The Morgan fingerprint density at radius 2 is 0.663 bits per heavy atom. The van der Waals surface area contributed by atoms with E-state index in [1.165, 1.54) is 19.3 Å². The van der Waals surface area contributed by atoms with Crippen molar-refractivity contribution in [1.82, 2.24) is 0 Å². The van der Waals surface area contributed by atoms with Crippen molar-refractivity contribution in [3.63, 3.8) is 0 Å². The van der Waals surface area contributed by atoms with E-state index in [9.17, 15) is 43.5 Å². The SMILES string of the molecule is CC/C=C\C/C=C\C/C=C\C/C=C\CCCCCCCCC(=O)OCC(O)COP(=O)(O)OCC(O)COP(=O)(O)OCC(COC(=O)CCCCCCC/C=C\C/C=C\CCCCC)OC(=O)CCCCCCC/C=C\C/C=C\CCC. The Kier molecular flexibility index (Phi) is 56.3. The van der Waals surface area contributed by atoms with Gasteiger partial charge in [-0.15, -0.1) is 0 Å². The Morgan fingerprint density at radius 3 is 1.06 bits per heavy atom. The minimum absolute atomic E-state index is 0.0839. The highest BCUT2D eigenvalue weighted by Crippen LogP contribution is 2.45.